The monoisotopic (exact) mass is 361 g/mol. The van der Waals surface area contributed by atoms with E-state index < -0.39 is 15.4 Å². The van der Waals surface area contributed by atoms with Crippen LogP contribution in [0.15, 0.2) is 16.3 Å². The molecule has 0 atom stereocenters. The molecule has 9 heteroatoms. The summed E-state index contributed by atoms with van der Waals surface area (Å²) in [6.45, 7) is 2.30. The number of thiophene rings is 1. The predicted octanol–water partition coefficient (Wildman–Crippen LogP) is 0.289. The Morgan fingerprint density at radius 3 is 2.70 bits per heavy atom. The number of carbonyl (C=O) groups is 1. The molecule has 23 heavy (non-hydrogen) atoms. The van der Waals surface area contributed by atoms with E-state index in [4.69, 9.17) is 4.74 Å². The average Bonchev–Trinajstić information content (AvgIpc) is 3.03. The Kier molecular flexibility index (Phi) is 6.15. The Hall–Kier alpha value is -1.00. The van der Waals surface area contributed by atoms with Gasteiger partial charge in [-0.1, -0.05) is 0 Å². The lowest BCUT2D eigenvalue weighted by atomic mass is 9.78. The van der Waals surface area contributed by atoms with E-state index in [-0.39, 0.29) is 10.1 Å². The Bertz CT molecular complexity index is 631. The second-order valence-electron chi connectivity index (χ2n) is 5.57. The van der Waals surface area contributed by atoms with Crippen molar-refractivity contribution in [2.24, 2.45) is 5.41 Å². The lowest BCUT2D eigenvalue weighted by Crippen LogP contribution is -2.49. The van der Waals surface area contributed by atoms with Gasteiger partial charge in [0.1, 0.15) is 4.21 Å². The minimum absolute atomic E-state index is 0.0349. The summed E-state index contributed by atoms with van der Waals surface area (Å²) in [5, 5.41) is 6.17. The van der Waals surface area contributed by atoms with Crippen LogP contribution in [0.2, 0.25) is 0 Å². The fourth-order valence-electron chi connectivity index (χ4n) is 2.67. The van der Waals surface area contributed by atoms with E-state index in [9.17, 15) is 13.2 Å². The van der Waals surface area contributed by atoms with Crippen LogP contribution in [-0.4, -0.2) is 48.2 Å². The number of carbonyl (C=O) groups excluding carboxylic acids is 1. The van der Waals surface area contributed by atoms with Crippen LogP contribution >= 0.6 is 11.3 Å². The van der Waals surface area contributed by atoms with Crippen molar-refractivity contribution >= 4 is 27.3 Å². The molecule has 2 rings (SSSR count). The van der Waals surface area contributed by atoms with E-state index in [1.54, 1.807) is 19.2 Å². The van der Waals surface area contributed by atoms with E-state index in [0.717, 1.165) is 42.1 Å². The quantitative estimate of drug-likeness (QED) is 0.649. The first kappa shape index (κ1) is 18.3. The zero-order valence-electron chi connectivity index (χ0n) is 13.3. The van der Waals surface area contributed by atoms with Crippen LogP contribution in [0, 0.1) is 5.41 Å². The summed E-state index contributed by atoms with van der Waals surface area (Å²) in [5.41, 5.74) is -0.503. The van der Waals surface area contributed by atoms with Crippen molar-refractivity contribution < 1.29 is 17.9 Å². The minimum atomic E-state index is -3.43. The number of sulfonamides is 1. The van der Waals surface area contributed by atoms with Crippen molar-refractivity contribution in [2.45, 2.75) is 23.6 Å². The smallest absolute Gasteiger partial charge is 0.249 e. The van der Waals surface area contributed by atoms with Gasteiger partial charge in [-0.2, -0.15) is 0 Å². The summed E-state index contributed by atoms with van der Waals surface area (Å²) in [6, 6.07) is 3.27. The van der Waals surface area contributed by atoms with Crippen molar-refractivity contribution in [3.63, 3.8) is 0 Å². The van der Waals surface area contributed by atoms with Crippen LogP contribution in [0.25, 0.3) is 0 Å². The molecule has 1 fully saturated rings. The molecule has 0 saturated carbocycles. The molecule has 1 aliphatic rings. The Labute approximate surface area is 140 Å². The van der Waals surface area contributed by atoms with Crippen LogP contribution in [0.4, 0.5) is 0 Å². The molecule has 0 aliphatic carbocycles. The number of hydrogen-bond donors (Lipinski definition) is 3. The van der Waals surface area contributed by atoms with Crippen LogP contribution in [0.1, 0.15) is 17.7 Å². The number of amides is 1. The summed E-state index contributed by atoms with van der Waals surface area (Å²) in [4.78, 5) is 13.4. The maximum Gasteiger partial charge on any atom is 0.249 e. The van der Waals surface area contributed by atoms with E-state index >= 15 is 0 Å². The highest BCUT2D eigenvalue weighted by Gasteiger charge is 2.39. The molecule has 0 radical (unpaired) electrons. The molecule has 1 amide bonds. The van der Waals surface area contributed by atoms with Gasteiger partial charge in [0.2, 0.25) is 15.9 Å². The molecule has 0 aromatic carbocycles. The van der Waals surface area contributed by atoms with Crippen molar-refractivity contribution in [3.05, 3.63) is 17.0 Å². The van der Waals surface area contributed by atoms with Crippen molar-refractivity contribution in [1.29, 1.82) is 0 Å². The largest absolute Gasteiger partial charge is 0.384 e. The van der Waals surface area contributed by atoms with Gasteiger partial charge in [0.25, 0.3) is 0 Å². The maximum atomic E-state index is 12.6. The number of methoxy groups -OCH3 is 1. The van der Waals surface area contributed by atoms with Gasteiger partial charge in [-0.15, -0.1) is 11.3 Å². The number of nitrogens with one attached hydrogen (secondary N) is 3. The van der Waals surface area contributed by atoms with Gasteiger partial charge in [0, 0.05) is 12.0 Å². The highest BCUT2D eigenvalue weighted by Crippen LogP contribution is 2.30. The lowest BCUT2D eigenvalue weighted by molar-refractivity contribution is -0.136. The minimum Gasteiger partial charge on any atom is -0.384 e. The van der Waals surface area contributed by atoms with E-state index in [1.165, 1.54) is 7.05 Å². The van der Waals surface area contributed by atoms with Gasteiger partial charge in [-0.05, 0) is 45.1 Å². The molecule has 1 aliphatic heterocycles. The first-order valence-corrected chi connectivity index (χ1v) is 9.74. The van der Waals surface area contributed by atoms with Crippen molar-refractivity contribution in [2.75, 3.05) is 33.9 Å². The number of ether oxygens (including phenoxy) is 1. The van der Waals surface area contributed by atoms with E-state index in [0.29, 0.717) is 13.2 Å². The van der Waals surface area contributed by atoms with Crippen LogP contribution < -0.4 is 15.4 Å². The highest BCUT2D eigenvalue weighted by atomic mass is 32.2. The van der Waals surface area contributed by atoms with Gasteiger partial charge in [-0.25, -0.2) is 13.1 Å². The molecule has 130 valence electrons. The van der Waals surface area contributed by atoms with E-state index in [1.807, 2.05) is 0 Å². The predicted molar refractivity (Wildman–Crippen MR) is 88.8 cm³/mol. The van der Waals surface area contributed by atoms with Gasteiger partial charge in [0.15, 0.2) is 0 Å². The first-order valence-electron chi connectivity index (χ1n) is 7.44. The van der Waals surface area contributed by atoms with Gasteiger partial charge >= 0.3 is 0 Å². The fraction of sp³-hybridized carbons (Fsp3) is 0.643. The van der Waals surface area contributed by atoms with E-state index in [2.05, 4.69) is 15.4 Å². The molecule has 0 bridgehead atoms. The number of piperidine rings is 1. The molecule has 3 N–H and O–H groups in total. The third-order valence-corrected chi connectivity index (χ3v) is 7.05. The van der Waals surface area contributed by atoms with Crippen LogP contribution in [0.3, 0.4) is 0 Å². The van der Waals surface area contributed by atoms with Crippen LogP contribution in [-0.2, 0) is 26.1 Å². The zero-order chi connectivity index (χ0) is 16.9. The Balaban J connectivity index is 2.00. The highest BCUT2D eigenvalue weighted by molar-refractivity contribution is 7.91. The van der Waals surface area contributed by atoms with Gasteiger partial charge < -0.3 is 15.4 Å². The van der Waals surface area contributed by atoms with Gasteiger partial charge in [-0.3, -0.25) is 4.79 Å². The molecular weight excluding hydrogens is 338 g/mol. The third kappa shape index (κ3) is 4.30. The molecular formula is C14H23N3O4S2. The molecule has 0 spiro atoms. The normalized spacial score (nSPS) is 17.8. The van der Waals surface area contributed by atoms with Crippen LogP contribution in [0.5, 0.6) is 0 Å². The lowest BCUT2D eigenvalue weighted by Gasteiger charge is -2.35. The fourth-order valence-corrected chi connectivity index (χ4v) is 4.80. The summed E-state index contributed by atoms with van der Waals surface area (Å²) in [5.74, 6) is -0.0349. The third-order valence-electron chi connectivity index (χ3n) is 4.06. The Morgan fingerprint density at radius 1 is 1.39 bits per heavy atom. The molecule has 1 saturated heterocycles. The second-order valence-corrected chi connectivity index (χ2v) is 8.86. The first-order chi connectivity index (χ1) is 10.9. The second kappa shape index (κ2) is 7.71. The van der Waals surface area contributed by atoms with Crippen molar-refractivity contribution in [1.82, 2.24) is 15.4 Å². The van der Waals surface area contributed by atoms with Crippen molar-refractivity contribution in [3.8, 4) is 0 Å². The summed E-state index contributed by atoms with van der Waals surface area (Å²) in [6.07, 6.45) is 1.47. The zero-order valence-corrected chi connectivity index (χ0v) is 15.0. The Morgan fingerprint density at radius 2 is 2.09 bits per heavy atom. The molecule has 1 aromatic heterocycles. The molecule has 1 aromatic rings. The number of hydrogen-bond acceptors (Lipinski definition) is 6. The molecule has 0 unspecified atom stereocenters. The summed E-state index contributed by atoms with van der Waals surface area (Å²) >= 11 is 1.16. The summed E-state index contributed by atoms with van der Waals surface area (Å²) < 4.78 is 31.2. The SMILES string of the molecule is CNS(=O)(=O)c1ccc(CNC(=O)C2(COC)CCNCC2)s1. The molecule has 7 nitrogen and oxygen atoms in total. The average molecular weight is 361 g/mol. The van der Waals surface area contributed by atoms with Gasteiger partial charge in [0.05, 0.1) is 18.6 Å². The standard InChI is InChI=1S/C14H23N3O4S2/c1-15-23(19,20)12-4-3-11(22-12)9-17-13(18)14(10-21-2)5-7-16-8-6-14/h3-4,15-16H,5-10H2,1-2H3,(H,17,18). The maximum absolute atomic E-state index is 12.6. The number of rotatable bonds is 7. The molecule has 2 heterocycles. The summed E-state index contributed by atoms with van der Waals surface area (Å²) in [7, 11) is -0.450. The topological polar surface area (TPSA) is 96.5 Å².